The molecule has 0 aliphatic carbocycles. The molecule has 1 aliphatic heterocycles. The third-order valence-electron chi connectivity index (χ3n) is 4.49. The Labute approximate surface area is 152 Å². The van der Waals surface area contributed by atoms with Crippen LogP contribution in [0.5, 0.6) is 0 Å². The monoisotopic (exact) mass is 345 g/mol. The average Bonchev–Trinajstić information content (AvgIpc) is 2.75. The van der Waals surface area contributed by atoms with Gasteiger partial charge in [-0.15, -0.1) is 0 Å². The van der Waals surface area contributed by atoms with Crippen LogP contribution >= 0.6 is 0 Å². The fourth-order valence-electron chi connectivity index (χ4n) is 3.07. The predicted molar refractivity (Wildman–Crippen MR) is 99.8 cm³/mol. The second kappa shape index (κ2) is 7.31. The average molecular weight is 345 g/mol. The maximum absolute atomic E-state index is 12.5. The molecule has 1 saturated heterocycles. The van der Waals surface area contributed by atoms with Gasteiger partial charge in [0.05, 0.1) is 0 Å². The first-order valence-corrected chi connectivity index (χ1v) is 8.64. The van der Waals surface area contributed by atoms with Gasteiger partial charge in [0, 0.05) is 55.9 Å². The van der Waals surface area contributed by atoms with E-state index >= 15 is 0 Å². The van der Waals surface area contributed by atoms with Crippen molar-refractivity contribution in [1.82, 2.24) is 19.9 Å². The summed E-state index contributed by atoms with van der Waals surface area (Å²) in [6, 6.07) is 15.4. The van der Waals surface area contributed by atoms with Crippen LogP contribution in [0.3, 0.4) is 0 Å². The van der Waals surface area contributed by atoms with Crippen molar-refractivity contribution >= 4 is 11.7 Å². The second-order valence-corrected chi connectivity index (χ2v) is 6.12. The zero-order valence-electron chi connectivity index (χ0n) is 14.3. The SMILES string of the molecule is O=C(c1ccncc1)N1CCN(c2ccnc(-c3ccccc3)n2)CC1. The van der Waals surface area contributed by atoms with Crippen LogP contribution in [-0.4, -0.2) is 51.9 Å². The van der Waals surface area contributed by atoms with Crippen molar-refractivity contribution in [3.05, 3.63) is 72.7 Å². The van der Waals surface area contributed by atoms with E-state index in [-0.39, 0.29) is 5.91 Å². The Morgan fingerprint density at radius 2 is 1.58 bits per heavy atom. The maximum atomic E-state index is 12.5. The minimum atomic E-state index is 0.0553. The Bertz CT molecular complexity index is 877. The van der Waals surface area contributed by atoms with Gasteiger partial charge in [0.15, 0.2) is 5.82 Å². The van der Waals surface area contributed by atoms with Gasteiger partial charge in [0.1, 0.15) is 5.82 Å². The Hall–Kier alpha value is -3.28. The lowest BCUT2D eigenvalue weighted by molar-refractivity contribution is 0.0746. The number of hydrogen-bond donors (Lipinski definition) is 0. The van der Waals surface area contributed by atoms with Gasteiger partial charge in [0.25, 0.3) is 5.91 Å². The van der Waals surface area contributed by atoms with E-state index in [1.807, 2.05) is 41.3 Å². The lowest BCUT2D eigenvalue weighted by atomic mass is 10.2. The van der Waals surface area contributed by atoms with Crippen molar-refractivity contribution < 1.29 is 4.79 Å². The minimum absolute atomic E-state index is 0.0553. The smallest absolute Gasteiger partial charge is 0.254 e. The summed E-state index contributed by atoms with van der Waals surface area (Å²) in [6.07, 6.45) is 5.09. The van der Waals surface area contributed by atoms with Crippen LogP contribution in [0.2, 0.25) is 0 Å². The largest absolute Gasteiger partial charge is 0.353 e. The number of nitrogens with zero attached hydrogens (tertiary/aromatic N) is 5. The summed E-state index contributed by atoms with van der Waals surface area (Å²) in [5, 5.41) is 0. The molecule has 0 unspecified atom stereocenters. The lowest BCUT2D eigenvalue weighted by Gasteiger charge is -2.35. The standard InChI is InChI=1S/C20H19N5O/c26-20(17-6-9-21-10-7-17)25-14-12-24(13-15-25)18-8-11-22-19(23-18)16-4-2-1-3-5-16/h1-11H,12-15H2. The molecular formula is C20H19N5O. The van der Waals surface area contributed by atoms with E-state index in [0.29, 0.717) is 18.7 Å². The Balaban J connectivity index is 1.45. The Morgan fingerprint density at radius 1 is 0.846 bits per heavy atom. The van der Waals surface area contributed by atoms with E-state index in [4.69, 9.17) is 4.98 Å². The van der Waals surface area contributed by atoms with Gasteiger partial charge in [-0.2, -0.15) is 0 Å². The fraction of sp³-hybridized carbons (Fsp3) is 0.200. The normalized spacial score (nSPS) is 14.3. The van der Waals surface area contributed by atoms with Crippen LogP contribution in [0.1, 0.15) is 10.4 Å². The first-order chi connectivity index (χ1) is 12.8. The summed E-state index contributed by atoms with van der Waals surface area (Å²) >= 11 is 0. The Kier molecular flexibility index (Phi) is 4.55. The molecule has 0 saturated carbocycles. The van der Waals surface area contributed by atoms with Crippen LogP contribution in [0.4, 0.5) is 5.82 Å². The molecular weight excluding hydrogens is 326 g/mol. The fourth-order valence-corrected chi connectivity index (χ4v) is 3.07. The highest BCUT2D eigenvalue weighted by molar-refractivity contribution is 5.94. The van der Waals surface area contributed by atoms with Crippen molar-refractivity contribution in [2.24, 2.45) is 0 Å². The topological polar surface area (TPSA) is 62.2 Å². The Morgan fingerprint density at radius 3 is 2.31 bits per heavy atom. The summed E-state index contributed by atoms with van der Waals surface area (Å²) in [5.41, 5.74) is 1.68. The molecule has 6 heteroatoms. The molecule has 1 aliphatic rings. The van der Waals surface area contributed by atoms with E-state index in [1.165, 1.54) is 0 Å². The predicted octanol–water partition coefficient (Wildman–Crippen LogP) is 2.50. The highest BCUT2D eigenvalue weighted by atomic mass is 16.2. The number of hydrogen-bond acceptors (Lipinski definition) is 5. The molecule has 4 rings (SSSR count). The van der Waals surface area contributed by atoms with Crippen molar-refractivity contribution in [2.75, 3.05) is 31.1 Å². The molecule has 1 fully saturated rings. The van der Waals surface area contributed by atoms with Gasteiger partial charge in [-0.1, -0.05) is 30.3 Å². The quantitative estimate of drug-likeness (QED) is 0.730. The van der Waals surface area contributed by atoms with Gasteiger partial charge in [-0.05, 0) is 18.2 Å². The van der Waals surface area contributed by atoms with E-state index in [1.54, 1.807) is 30.7 Å². The van der Waals surface area contributed by atoms with Crippen molar-refractivity contribution in [3.8, 4) is 11.4 Å². The first-order valence-electron chi connectivity index (χ1n) is 8.64. The van der Waals surface area contributed by atoms with Crippen LogP contribution in [0.15, 0.2) is 67.1 Å². The maximum Gasteiger partial charge on any atom is 0.254 e. The van der Waals surface area contributed by atoms with E-state index in [2.05, 4.69) is 14.9 Å². The third-order valence-corrected chi connectivity index (χ3v) is 4.49. The number of anilines is 1. The molecule has 0 atom stereocenters. The molecule has 26 heavy (non-hydrogen) atoms. The summed E-state index contributed by atoms with van der Waals surface area (Å²) in [6.45, 7) is 2.85. The zero-order valence-corrected chi connectivity index (χ0v) is 14.3. The van der Waals surface area contributed by atoms with E-state index in [9.17, 15) is 4.79 Å². The third kappa shape index (κ3) is 3.39. The number of amides is 1. The van der Waals surface area contributed by atoms with Crippen molar-refractivity contribution in [3.63, 3.8) is 0 Å². The molecule has 0 radical (unpaired) electrons. The molecule has 6 nitrogen and oxygen atoms in total. The number of rotatable bonds is 3. The van der Waals surface area contributed by atoms with E-state index in [0.717, 1.165) is 30.3 Å². The minimum Gasteiger partial charge on any atom is -0.353 e. The number of carbonyl (C=O) groups excluding carboxylic acids is 1. The molecule has 0 bridgehead atoms. The molecule has 3 heterocycles. The number of aromatic nitrogens is 3. The van der Waals surface area contributed by atoms with Gasteiger partial charge in [0.2, 0.25) is 0 Å². The first kappa shape index (κ1) is 16.2. The molecule has 1 amide bonds. The van der Waals surface area contributed by atoms with Crippen LogP contribution < -0.4 is 4.90 Å². The molecule has 130 valence electrons. The van der Waals surface area contributed by atoms with Gasteiger partial charge in [-0.3, -0.25) is 9.78 Å². The summed E-state index contributed by atoms with van der Waals surface area (Å²) < 4.78 is 0. The highest BCUT2D eigenvalue weighted by Crippen LogP contribution is 2.19. The van der Waals surface area contributed by atoms with Gasteiger partial charge < -0.3 is 9.80 Å². The number of piperazine rings is 1. The lowest BCUT2D eigenvalue weighted by Crippen LogP contribution is -2.49. The van der Waals surface area contributed by atoms with Crippen LogP contribution in [0, 0.1) is 0 Å². The summed E-state index contributed by atoms with van der Waals surface area (Å²) in [7, 11) is 0. The highest BCUT2D eigenvalue weighted by Gasteiger charge is 2.23. The number of pyridine rings is 1. The van der Waals surface area contributed by atoms with Gasteiger partial charge in [-0.25, -0.2) is 9.97 Å². The van der Waals surface area contributed by atoms with Gasteiger partial charge >= 0.3 is 0 Å². The van der Waals surface area contributed by atoms with Crippen LogP contribution in [0.25, 0.3) is 11.4 Å². The second-order valence-electron chi connectivity index (χ2n) is 6.12. The molecule has 3 aromatic rings. The summed E-state index contributed by atoms with van der Waals surface area (Å²) in [5.74, 6) is 1.67. The summed E-state index contributed by atoms with van der Waals surface area (Å²) in [4.78, 5) is 29.7. The van der Waals surface area contributed by atoms with E-state index < -0.39 is 0 Å². The molecule has 0 N–H and O–H groups in total. The molecule has 0 spiro atoms. The molecule has 2 aromatic heterocycles. The van der Waals surface area contributed by atoms with Crippen molar-refractivity contribution in [2.45, 2.75) is 0 Å². The van der Waals surface area contributed by atoms with Crippen molar-refractivity contribution in [1.29, 1.82) is 0 Å². The zero-order chi connectivity index (χ0) is 17.8. The number of carbonyl (C=O) groups is 1. The molecule has 1 aromatic carbocycles. The number of benzene rings is 1. The van der Waals surface area contributed by atoms with Crippen LogP contribution in [-0.2, 0) is 0 Å².